The van der Waals surface area contributed by atoms with Crippen LogP contribution in [0, 0.1) is 5.82 Å². The Morgan fingerprint density at radius 3 is 2.52 bits per heavy atom. The number of nitrogens with one attached hydrogen (secondary N) is 1. The van der Waals surface area contributed by atoms with Crippen LogP contribution in [0.2, 0.25) is 0 Å². The van der Waals surface area contributed by atoms with Crippen molar-refractivity contribution in [2.24, 2.45) is 0 Å². The number of rotatable bonds is 7. The van der Waals surface area contributed by atoms with Gasteiger partial charge in [0, 0.05) is 17.0 Å². The Bertz CT molecular complexity index is 804. The van der Waals surface area contributed by atoms with Crippen LogP contribution < -0.4 is 5.32 Å². The predicted octanol–water partition coefficient (Wildman–Crippen LogP) is 3.33. The molecule has 3 rings (SSSR count). The largest absolute Gasteiger partial charge is 0.349 e. The molecule has 0 spiro atoms. The lowest BCUT2D eigenvalue weighted by molar-refractivity contribution is -0.127. The molecule has 1 unspecified atom stereocenters. The highest BCUT2D eigenvalue weighted by atomic mass is 32.1. The molecule has 1 saturated carbocycles. The molecule has 1 fully saturated rings. The van der Waals surface area contributed by atoms with Crippen LogP contribution in [-0.4, -0.2) is 37.9 Å². The van der Waals surface area contributed by atoms with Crippen LogP contribution in [0.1, 0.15) is 62.1 Å². The van der Waals surface area contributed by atoms with E-state index in [1.165, 1.54) is 12.1 Å². The topological polar surface area (TPSA) is 75.2 Å². The van der Waals surface area contributed by atoms with Crippen molar-refractivity contribution in [1.29, 1.82) is 0 Å². The van der Waals surface area contributed by atoms with E-state index in [1.807, 2.05) is 20.8 Å². The van der Waals surface area contributed by atoms with Crippen molar-refractivity contribution in [3.05, 3.63) is 46.7 Å². The fraction of sp³-hybridized carbons (Fsp3) is 0.474. The fourth-order valence-corrected chi connectivity index (χ4v) is 3.24. The minimum atomic E-state index is -0.849. The summed E-state index contributed by atoms with van der Waals surface area (Å²) in [4.78, 5) is 27.9. The van der Waals surface area contributed by atoms with Crippen molar-refractivity contribution in [2.75, 3.05) is 0 Å². The lowest BCUT2D eigenvalue weighted by Gasteiger charge is -2.34. The summed E-state index contributed by atoms with van der Waals surface area (Å²) in [6, 6.07) is 4.84. The molecule has 1 aromatic heterocycles. The Labute approximate surface area is 161 Å². The quantitative estimate of drug-likeness (QED) is 0.787. The number of amides is 2. The number of hydrogen-bond donors (Lipinski definition) is 1. The van der Waals surface area contributed by atoms with Gasteiger partial charge in [0.05, 0.1) is 0 Å². The minimum absolute atomic E-state index is 0.0373. The normalized spacial score (nSPS) is 15.3. The van der Waals surface area contributed by atoms with Crippen molar-refractivity contribution in [2.45, 2.75) is 57.7 Å². The smallest absolute Gasteiger partial charge is 0.276 e. The highest BCUT2D eigenvalue weighted by Gasteiger charge is 2.43. The molecule has 0 bridgehead atoms. The van der Waals surface area contributed by atoms with E-state index in [0.29, 0.717) is 5.56 Å². The summed E-state index contributed by atoms with van der Waals surface area (Å²) in [5, 5.41) is 8.47. The third kappa shape index (κ3) is 4.50. The maximum atomic E-state index is 13.4. The van der Waals surface area contributed by atoms with Gasteiger partial charge in [-0.2, -0.15) is 0 Å². The third-order valence-corrected chi connectivity index (χ3v) is 5.32. The second-order valence-electron chi connectivity index (χ2n) is 7.41. The highest BCUT2D eigenvalue weighted by Crippen LogP contribution is 2.36. The van der Waals surface area contributed by atoms with Crippen LogP contribution >= 0.6 is 11.5 Å². The van der Waals surface area contributed by atoms with E-state index in [1.54, 1.807) is 22.4 Å². The van der Waals surface area contributed by atoms with Crippen molar-refractivity contribution in [3.63, 3.8) is 0 Å². The van der Waals surface area contributed by atoms with Crippen LogP contribution in [0.3, 0.4) is 0 Å². The van der Waals surface area contributed by atoms with Gasteiger partial charge in [-0.05, 0) is 62.3 Å². The predicted molar refractivity (Wildman–Crippen MR) is 101 cm³/mol. The number of carbonyl (C=O) groups is 2. The summed E-state index contributed by atoms with van der Waals surface area (Å²) < 4.78 is 17.2. The Hall–Kier alpha value is -2.35. The van der Waals surface area contributed by atoms with Gasteiger partial charge in [-0.15, -0.1) is 5.10 Å². The first-order valence-corrected chi connectivity index (χ1v) is 9.83. The number of aromatic nitrogens is 2. The molecule has 0 aliphatic heterocycles. The lowest BCUT2D eigenvalue weighted by atomic mass is 9.98. The maximum absolute atomic E-state index is 13.4. The lowest BCUT2D eigenvalue weighted by Crippen LogP contribution is -2.51. The Kier molecular flexibility index (Phi) is 5.55. The van der Waals surface area contributed by atoms with Gasteiger partial charge in [-0.25, -0.2) is 4.39 Å². The number of hydrogen-bond acceptors (Lipinski definition) is 5. The molecule has 2 amide bonds. The number of carbonyl (C=O) groups excluding carboxylic acids is 2. The first-order chi connectivity index (χ1) is 12.8. The molecule has 144 valence electrons. The molecule has 1 atom stereocenters. The van der Waals surface area contributed by atoms with E-state index in [-0.39, 0.29) is 29.4 Å². The Morgan fingerprint density at radius 2 is 2.00 bits per heavy atom. The van der Waals surface area contributed by atoms with E-state index in [0.717, 1.165) is 30.8 Å². The first kappa shape index (κ1) is 19.4. The standard InChI is InChI=1S/C19H23FN4O2S/c1-4-19(2,3)21-17(25)16(12-5-7-13(20)8-6-12)24(14-9-10-14)18(26)15-11-27-23-22-15/h5-8,11,14,16H,4,9-10H2,1-3H3,(H,21,25). The van der Waals surface area contributed by atoms with Crippen LogP contribution in [0.15, 0.2) is 29.6 Å². The van der Waals surface area contributed by atoms with Crippen molar-refractivity contribution in [3.8, 4) is 0 Å². The van der Waals surface area contributed by atoms with Crippen molar-refractivity contribution in [1.82, 2.24) is 19.8 Å². The van der Waals surface area contributed by atoms with E-state index < -0.39 is 11.6 Å². The number of benzene rings is 1. The van der Waals surface area contributed by atoms with Crippen LogP contribution in [0.4, 0.5) is 4.39 Å². The average molecular weight is 390 g/mol. The van der Waals surface area contributed by atoms with Crippen molar-refractivity contribution < 1.29 is 14.0 Å². The molecule has 1 aliphatic carbocycles. The van der Waals surface area contributed by atoms with E-state index in [4.69, 9.17) is 0 Å². The second kappa shape index (κ2) is 7.72. The Morgan fingerprint density at radius 1 is 1.33 bits per heavy atom. The van der Waals surface area contributed by atoms with Gasteiger partial charge in [0.2, 0.25) is 5.91 Å². The summed E-state index contributed by atoms with van der Waals surface area (Å²) in [5.74, 6) is -0.998. The molecule has 0 radical (unpaired) electrons. The zero-order valence-corrected chi connectivity index (χ0v) is 16.4. The third-order valence-electron chi connectivity index (χ3n) is 4.81. The van der Waals surface area contributed by atoms with Gasteiger partial charge in [0.1, 0.15) is 11.9 Å². The minimum Gasteiger partial charge on any atom is -0.349 e. The molecule has 1 N–H and O–H groups in total. The van der Waals surface area contributed by atoms with Gasteiger partial charge < -0.3 is 10.2 Å². The average Bonchev–Trinajstić information content (AvgIpc) is 3.31. The van der Waals surface area contributed by atoms with Gasteiger partial charge >= 0.3 is 0 Å². The second-order valence-corrected chi connectivity index (χ2v) is 8.02. The highest BCUT2D eigenvalue weighted by molar-refractivity contribution is 7.03. The molecule has 1 heterocycles. The molecule has 1 aliphatic rings. The Balaban J connectivity index is 2.00. The summed E-state index contributed by atoms with van der Waals surface area (Å²) in [6.45, 7) is 5.85. The number of nitrogens with zero attached hydrogens (tertiary/aromatic N) is 3. The van der Waals surface area contributed by atoms with E-state index in [9.17, 15) is 14.0 Å². The summed E-state index contributed by atoms with van der Waals surface area (Å²) in [5.41, 5.74) is 0.376. The summed E-state index contributed by atoms with van der Waals surface area (Å²) in [7, 11) is 0. The molecule has 2 aromatic rings. The van der Waals surface area contributed by atoms with Gasteiger partial charge in [0.25, 0.3) is 5.91 Å². The molecule has 6 nitrogen and oxygen atoms in total. The van der Waals surface area contributed by atoms with Crippen molar-refractivity contribution >= 4 is 23.3 Å². The molecular formula is C19H23FN4O2S. The zero-order chi connectivity index (χ0) is 19.6. The van der Waals surface area contributed by atoms with Crippen LogP contribution in [-0.2, 0) is 4.79 Å². The van der Waals surface area contributed by atoms with Crippen LogP contribution in [0.25, 0.3) is 0 Å². The summed E-state index contributed by atoms with van der Waals surface area (Å²) in [6.07, 6.45) is 2.39. The number of halogens is 1. The fourth-order valence-electron chi connectivity index (χ4n) is 2.81. The van der Waals surface area contributed by atoms with E-state index in [2.05, 4.69) is 14.9 Å². The van der Waals surface area contributed by atoms with Gasteiger partial charge in [0.15, 0.2) is 5.69 Å². The zero-order valence-electron chi connectivity index (χ0n) is 15.6. The molecule has 0 saturated heterocycles. The van der Waals surface area contributed by atoms with E-state index >= 15 is 0 Å². The maximum Gasteiger partial charge on any atom is 0.276 e. The molecular weight excluding hydrogens is 367 g/mol. The molecule has 8 heteroatoms. The molecule has 27 heavy (non-hydrogen) atoms. The van der Waals surface area contributed by atoms with Gasteiger partial charge in [-0.1, -0.05) is 23.5 Å². The van der Waals surface area contributed by atoms with Gasteiger partial charge in [-0.3, -0.25) is 9.59 Å². The summed E-state index contributed by atoms with van der Waals surface area (Å²) >= 11 is 1.09. The SMILES string of the molecule is CCC(C)(C)NC(=O)C(c1ccc(F)cc1)N(C(=O)c1csnn1)C1CC1. The molecule has 1 aromatic carbocycles. The monoisotopic (exact) mass is 390 g/mol. The van der Waals surface area contributed by atoms with Crippen LogP contribution in [0.5, 0.6) is 0 Å². The first-order valence-electron chi connectivity index (χ1n) is 8.99.